The third kappa shape index (κ3) is 16.8. The van der Waals surface area contributed by atoms with Crippen LogP contribution in [0.25, 0.3) is 0 Å². The summed E-state index contributed by atoms with van der Waals surface area (Å²) in [7, 11) is -2.80. The van der Waals surface area contributed by atoms with Crippen LogP contribution >= 0.6 is 7.82 Å². The molecule has 1 N–H and O–H groups in total. The van der Waals surface area contributed by atoms with Crippen LogP contribution in [-0.2, 0) is 31.7 Å². The Morgan fingerprint density at radius 3 is 2.10 bits per heavy atom. The van der Waals surface area contributed by atoms with E-state index >= 15 is 0 Å². The number of hydrogen-bond acceptors (Lipinski definition) is 5. The number of para-hydroxylation sites is 1. The minimum Gasteiger partial charge on any atom is -0.404 e. The van der Waals surface area contributed by atoms with Crippen molar-refractivity contribution in [2.75, 3.05) is 26.9 Å². The van der Waals surface area contributed by atoms with E-state index in [9.17, 15) is 9.46 Å². The lowest BCUT2D eigenvalue weighted by atomic mass is 10.0. The topological polar surface area (TPSA) is 83.0 Å². The SMILES string of the molecule is CCCCCCCCCCCCCCCCOCC(COP(=O)(O)Oc1ccccc1C[n+]1ccn(CCC)c1)OC. The minimum atomic E-state index is -4.34. The summed E-state index contributed by atoms with van der Waals surface area (Å²) >= 11 is 0. The second kappa shape index (κ2) is 22.8. The van der Waals surface area contributed by atoms with E-state index in [1.54, 1.807) is 19.2 Å². The van der Waals surface area contributed by atoms with Crippen LogP contribution < -0.4 is 9.09 Å². The van der Waals surface area contributed by atoms with E-state index in [0.717, 1.165) is 31.4 Å². The Bertz CT molecular complexity index is 985. The number of unbranched alkanes of at least 4 members (excludes halogenated alkanes) is 13. The van der Waals surface area contributed by atoms with Crippen molar-refractivity contribution in [1.82, 2.24) is 4.57 Å². The predicted molar refractivity (Wildman–Crippen MR) is 169 cm³/mol. The summed E-state index contributed by atoms with van der Waals surface area (Å²) < 4.78 is 38.7. The molecule has 9 heteroatoms. The Kier molecular flexibility index (Phi) is 19.8. The molecule has 0 amide bonds. The molecule has 1 heterocycles. The Balaban J connectivity index is 1.56. The van der Waals surface area contributed by atoms with Crippen molar-refractivity contribution in [1.29, 1.82) is 0 Å². The van der Waals surface area contributed by atoms with Gasteiger partial charge in [-0.15, -0.1) is 0 Å². The van der Waals surface area contributed by atoms with E-state index in [2.05, 4.69) is 18.4 Å². The van der Waals surface area contributed by atoms with Crippen molar-refractivity contribution in [3.8, 4) is 5.75 Å². The highest BCUT2D eigenvalue weighted by Gasteiger charge is 2.26. The van der Waals surface area contributed by atoms with Gasteiger partial charge in [-0.2, -0.15) is 0 Å². The lowest BCUT2D eigenvalue weighted by molar-refractivity contribution is -0.687. The van der Waals surface area contributed by atoms with Crippen LogP contribution in [0.3, 0.4) is 0 Å². The van der Waals surface area contributed by atoms with Crippen LogP contribution in [0, 0.1) is 0 Å². The fourth-order valence-electron chi connectivity index (χ4n) is 4.97. The monoisotopic (exact) mass is 609 g/mol. The van der Waals surface area contributed by atoms with Crippen LogP contribution in [0.1, 0.15) is 116 Å². The lowest BCUT2D eigenvalue weighted by Crippen LogP contribution is -2.31. The molecule has 2 aromatic rings. The second-order valence-corrected chi connectivity index (χ2v) is 12.7. The standard InChI is InChI=1S/C33H57N2O6P/c1-4-6-7-8-9-10-11-12-13-14-15-16-17-20-26-39-28-32(38-3)29-40-42(36,37)41-33-22-19-18-21-31(33)27-35-25-24-34(30-35)23-5-2/h18-19,21-22,24-25,30,32H,4-17,20,23,26-29H2,1-3H3/p+1. The summed E-state index contributed by atoms with van der Waals surface area (Å²) in [6.45, 7) is 6.71. The molecule has 0 radical (unpaired) electrons. The van der Waals surface area contributed by atoms with E-state index in [1.165, 1.54) is 77.0 Å². The van der Waals surface area contributed by atoms with Gasteiger partial charge in [-0.3, -0.25) is 9.42 Å². The van der Waals surface area contributed by atoms with Crippen molar-refractivity contribution in [2.45, 2.75) is 129 Å². The van der Waals surface area contributed by atoms with Gasteiger partial charge in [-0.25, -0.2) is 13.7 Å². The van der Waals surface area contributed by atoms with E-state index < -0.39 is 13.9 Å². The maximum absolute atomic E-state index is 12.7. The molecule has 0 fully saturated rings. The zero-order chi connectivity index (χ0) is 30.3. The van der Waals surface area contributed by atoms with Crippen LogP contribution in [0.4, 0.5) is 0 Å². The van der Waals surface area contributed by atoms with Crippen molar-refractivity contribution in [3.05, 3.63) is 48.5 Å². The Morgan fingerprint density at radius 1 is 0.857 bits per heavy atom. The Labute approximate surface area is 255 Å². The molecule has 0 aliphatic rings. The van der Waals surface area contributed by atoms with Crippen LogP contribution in [0.15, 0.2) is 43.0 Å². The van der Waals surface area contributed by atoms with Gasteiger partial charge in [0.15, 0.2) is 0 Å². The third-order valence-corrected chi connectivity index (χ3v) is 8.37. The maximum atomic E-state index is 12.7. The Hall–Kier alpha value is -1.70. The van der Waals surface area contributed by atoms with Crippen molar-refractivity contribution in [3.63, 3.8) is 0 Å². The van der Waals surface area contributed by atoms with Crippen molar-refractivity contribution in [2.24, 2.45) is 0 Å². The summed E-state index contributed by atoms with van der Waals surface area (Å²) in [6.07, 6.45) is 25.1. The van der Waals surface area contributed by atoms with Gasteiger partial charge >= 0.3 is 7.82 Å². The number of phosphoric ester groups is 1. The molecular formula is C33H58N2O6P+. The number of aryl methyl sites for hydroxylation is 1. The van der Waals surface area contributed by atoms with E-state index in [-0.39, 0.29) is 6.61 Å². The van der Waals surface area contributed by atoms with E-state index in [1.807, 2.05) is 35.4 Å². The number of benzene rings is 1. The number of ether oxygens (including phenoxy) is 2. The van der Waals surface area contributed by atoms with E-state index in [0.29, 0.717) is 25.5 Å². The minimum absolute atomic E-state index is 0.0974. The highest BCUT2D eigenvalue weighted by atomic mass is 31.2. The zero-order valence-corrected chi connectivity index (χ0v) is 27.5. The van der Waals surface area contributed by atoms with Crippen LogP contribution in [0.2, 0.25) is 0 Å². The first-order valence-electron chi connectivity index (χ1n) is 16.4. The molecule has 1 aromatic heterocycles. The number of imidazole rings is 1. The normalized spacial score (nSPS) is 13.7. The summed E-state index contributed by atoms with van der Waals surface area (Å²) in [5, 5.41) is 0. The van der Waals surface area contributed by atoms with Crippen LogP contribution in [0.5, 0.6) is 5.75 Å². The third-order valence-electron chi connectivity index (χ3n) is 7.47. The number of rotatable bonds is 27. The first kappa shape index (κ1) is 36.5. The Morgan fingerprint density at radius 2 is 1.48 bits per heavy atom. The first-order valence-corrected chi connectivity index (χ1v) is 17.9. The quantitative estimate of drug-likeness (QED) is 0.0624. The summed E-state index contributed by atoms with van der Waals surface area (Å²) in [5.74, 6) is 0.321. The van der Waals surface area contributed by atoms with Crippen molar-refractivity contribution >= 4 is 7.82 Å². The highest BCUT2D eigenvalue weighted by molar-refractivity contribution is 7.47. The molecule has 42 heavy (non-hydrogen) atoms. The molecule has 2 atom stereocenters. The predicted octanol–water partition coefficient (Wildman–Crippen LogP) is 8.24. The first-order chi connectivity index (χ1) is 20.5. The van der Waals surface area contributed by atoms with Gasteiger partial charge in [0.2, 0.25) is 6.33 Å². The molecule has 2 unspecified atom stereocenters. The smallest absolute Gasteiger partial charge is 0.404 e. The van der Waals surface area contributed by atoms with Gasteiger partial charge in [-0.1, -0.05) is 116 Å². The molecule has 8 nitrogen and oxygen atoms in total. The molecule has 0 spiro atoms. The van der Waals surface area contributed by atoms with Gasteiger partial charge in [-0.05, 0) is 18.9 Å². The number of aromatic nitrogens is 2. The largest absolute Gasteiger partial charge is 0.527 e. The summed E-state index contributed by atoms with van der Waals surface area (Å²) in [5.41, 5.74) is 0.786. The molecular weight excluding hydrogens is 551 g/mol. The number of methoxy groups -OCH3 is 1. The molecule has 0 bridgehead atoms. The summed E-state index contributed by atoms with van der Waals surface area (Å²) in [6, 6.07) is 7.21. The van der Waals surface area contributed by atoms with Gasteiger partial charge < -0.3 is 14.0 Å². The highest BCUT2D eigenvalue weighted by Crippen LogP contribution is 2.45. The fourth-order valence-corrected chi connectivity index (χ4v) is 5.80. The lowest BCUT2D eigenvalue weighted by Gasteiger charge is -2.19. The number of hydrogen-bond donors (Lipinski definition) is 1. The molecule has 240 valence electrons. The molecule has 2 rings (SSSR count). The maximum Gasteiger partial charge on any atom is 0.527 e. The molecule has 1 aromatic carbocycles. The van der Waals surface area contributed by atoms with Gasteiger partial charge in [0.05, 0.1) is 19.8 Å². The van der Waals surface area contributed by atoms with Crippen LogP contribution in [-0.4, -0.2) is 42.5 Å². The number of phosphoric acid groups is 1. The zero-order valence-electron chi connectivity index (χ0n) is 26.6. The molecule has 0 aliphatic heterocycles. The number of nitrogens with zero attached hydrogens (tertiary/aromatic N) is 2. The van der Waals surface area contributed by atoms with Gasteiger partial charge in [0.25, 0.3) is 0 Å². The molecule has 0 saturated carbocycles. The fraction of sp³-hybridized carbons (Fsp3) is 0.727. The van der Waals surface area contributed by atoms with Crippen molar-refractivity contribution < 1.29 is 32.5 Å². The second-order valence-electron chi connectivity index (χ2n) is 11.3. The molecule has 0 saturated heterocycles. The molecule has 0 aliphatic carbocycles. The average molecular weight is 610 g/mol. The van der Waals surface area contributed by atoms with Gasteiger partial charge in [0, 0.05) is 19.3 Å². The van der Waals surface area contributed by atoms with E-state index in [4.69, 9.17) is 18.5 Å². The average Bonchev–Trinajstić information content (AvgIpc) is 3.42. The summed E-state index contributed by atoms with van der Waals surface area (Å²) in [4.78, 5) is 10.4. The van der Waals surface area contributed by atoms with Gasteiger partial charge in [0.1, 0.15) is 30.8 Å².